The maximum absolute atomic E-state index is 11.8. The maximum Gasteiger partial charge on any atom is 0.322 e. The van der Waals surface area contributed by atoms with Crippen LogP contribution in [0.2, 0.25) is 0 Å². The fourth-order valence-corrected chi connectivity index (χ4v) is 1.83. The van der Waals surface area contributed by atoms with Gasteiger partial charge in [0.1, 0.15) is 0 Å². The van der Waals surface area contributed by atoms with Crippen molar-refractivity contribution >= 4 is 11.9 Å². The van der Waals surface area contributed by atoms with Crippen LogP contribution in [0.3, 0.4) is 0 Å². The molecule has 7 nitrogen and oxygen atoms in total. The van der Waals surface area contributed by atoms with E-state index in [0.29, 0.717) is 11.5 Å². The third-order valence-corrected chi connectivity index (χ3v) is 2.93. The van der Waals surface area contributed by atoms with E-state index < -0.39 is 0 Å². The molecular formula is C14H17N3O4. The number of anilines is 1. The highest BCUT2D eigenvalue weighted by Gasteiger charge is 2.13. The molecule has 2 rings (SSSR count). The van der Waals surface area contributed by atoms with Crippen LogP contribution in [0.25, 0.3) is 0 Å². The van der Waals surface area contributed by atoms with Crippen LogP contribution in [0.1, 0.15) is 18.5 Å². The molecule has 0 aliphatic carbocycles. The van der Waals surface area contributed by atoms with Gasteiger partial charge in [0.2, 0.25) is 5.88 Å². The number of benzene rings is 1. The average molecular weight is 291 g/mol. The van der Waals surface area contributed by atoms with E-state index in [1.54, 1.807) is 26.4 Å². The summed E-state index contributed by atoms with van der Waals surface area (Å²) in [6.45, 7) is 1.86. The summed E-state index contributed by atoms with van der Waals surface area (Å²) in [5.74, 6) is 1.53. The molecule has 0 bridgehead atoms. The lowest BCUT2D eigenvalue weighted by atomic mass is 10.1. The largest absolute Gasteiger partial charge is 0.493 e. The average Bonchev–Trinajstić information content (AvgIpc) is 2.99. The summed E-state index contributed by atoms with van der Waals surface area (Å²) in [5.41, 5.74) is 0.889. The first-order valence-corrected chi connectivity index (χ1v) is 6.34. The highest BCUT2D eigenvalue weighted by molar-refractivity contribution is 5.87. The number of nitrogens with one attached hydrogen (secondary N) is 2. The van der Waals surface area contributed by atoms with Crippen molar-refractivity contribution in [3.05, 3.63) is 36.0 Å². The van der Waals surface area contributed by atoms with Gasteiger partial charge in [-0.1, -0.05) is 11.2 Å². The Bertz CT molecular complexity index is 598. The van der Waals surface area contributed by atoms with Gasteiger partial charge in [0.05, 0.1) is 26.5 Å². The Labute approximate surface area is 122 Å². The van der Waals surface area contributed by atoms with E-state index >= 15 is 0 Å². The van der Waals surface area contributed by atoms with Gasteiger partial charge in [0, 0.05) is 6.07 Å². The van der Waals surface area contributed by atoms with E-state index in [0.717, 1.165) is 5.56 Å². The molecule has 0 saturated carbocycles. The summed E-state index contributed by atoms with van der Waals surface area (Å²) in [7, 11) is 3.14. The van der Waals surface area contributed by atoms with Gasteiger partial charge in [-0.3, -0.25) is 5.32 Å². The molecule has 2 amide bonds. The Kier molecular flexibility index (Phi) is 4.65. The van der Waals surface area contributed by atoms with Crippen molar-refractivity contribution in [3.63, 3.8) is 0 Å². The molecule has 0 spiro atoms. The number of hydrogen-bond donors (Lipinski definition) is 2. The van der Waals surface area contributed by atoms with Crippen molar-refractivity contribution in [2.45, 2.75) is 13.0 Å². The number of amides is 2. The van der Waals surface area contributed by atoms with Crippen LogP contribution in [0.15, 0.2) is 35.0 Å². The monoisotopic (exact) mass is 291 g/mol. The van der Waals surface area contributed by atoms with Crippen LogP contribution < -0.4 is 20.1 Å². The van der Waals surface area contributed by atoms with E-state index in [1.165, 1.54) is 6.20 Å². The van der Waals surface area contributed by atoms with Crippen LogP contribution in [0, 0.1) is 0 Å². The number of carbonyl (C=O) groups is 1. The molecule has 2 N–H and O–H groups in total. The normalized spacial score (nSPS) is 11.6. The van der Waals surface area contributed by atoms with E-state index in [4.69, 9.17) is 14.0 Å². The number of methoxy groups -OCH3 is 2. The zero-order chi connectivity index (χ0) is 15.2. The Balaban J connectivity index is 2.02. The molecule has 1 heterocycles. The Hall–Kier alpha value is -2.70. The van der Waals surface area contributed by atoms with Gasteiger partial charge in [-0.15, -0.1) is 0 Å². The number of ether oxygens (including phenoxy) is 2. The number of urea groups is 1. The summed E-state index contributed by atoms with van der Waals surface area (Å²) in [6.07, 6.45) is 1.45. The van der Waals surface area contributed by atoms with Gasteiger partial charge in [-0.25, -0.2) is 4.79 Å². The lowest BCUT2D eigenvalue weighted by Gasteiger charge is -2.16. The molecule has 1 aromatic carbocycles. The van der Waals surface area contributed by atoms with Gasteiger partial charge in [-0.2, -0.15) is 0 Å². The van der Waals surface area contributed by atoms with Gasteiger partial charge in [0.25, 0.3) is 0 Å². The molecule has 112 valence electrons. The molecule has 1 unspecified atom stereocenters. The highest BCUT2D eigenvalue weighted by Crippen LogP contribution is 2.29. The molecule has 2 aromatic rings. The van der Waals surface area contributed by atoms with Gasteiger partial charge in [0.15, 0.2) is 11.5 Å². The fraction of sp³-hybridized carbons (Fsp3) is 0.286. The van der Waals surface area contributed by atoms with E-state index in [2.05, 4.69) is 15.8 Å². The quantitative estimate of drug-likeness (QED) is 0.884. The topological polar surface area (TPSA) is 85.6 Å². The van der Waals surface area contributed by atoms with Crippen LogP contribution in [0.5, 0.6) is 11.5 Å². The second kappa shape index (κ2) is 6.65. The Morgan fingerprint density at radius 2 is 2.00 bits per heavy atom. The fourth-order valence-electron chi connectivity index (χ4n) is 1.83. The zero-order valence-electron chi connectivity index (χ0n) is 12.0. The van der Waals surface area contributed by atoms with Gasteiger partial charge < -0.3 is 19.3 Å². The van der Waals surface area contributed by atoms with Crippen LogP contribution in [0.4, 0.5) is 10.7 Å². The molecular weight excluding hydrogens is 274 g/mol. The van der Waals surface area contributed by atoms with Crippen molar-refractivity contribution < 1.29 is 18.8 Å². The summed E-state index contributed by atoms with van der Waals surface area (Å²) in [4.78, 5) is 11.8. The summed E-state index contributed by atoms with van der Waals surface area (Å²) in [5, 5.41) is 8.83. The Morgan fingerprint density at radius 1 is 1.24 bits per heavy atom. The first-order chi connectivity index (χ1) is 10.1. The summed E-state index contributed by atoms with van der Waals surface area (Å²) in [6, 6.07) is 6.43. The molecule has 7 heteroatoms. The zero-order valence-corrected chi connectivity index (χ0v) is 12.0. The number of carbonyl (C=O) groups excluding carboxylic acids is 1. The van der Waals surface area contributed by atoms with Crippen molar-refractivity contribution in [2.75, 3.05) is 19.5 Å². The number of rotatable bonds is 5. The predicted octanol–water partition coefficient (Wildman–Crippen LogP) is 2.57. The van der Waals surface area contributed by atoms with E-state index in [1.807, 2.05) is 19.1 Å². The molecule has 0 aliphatic heterocycles. The minimum Gasteiger partial charge on any atom is -0.493 e. The summed E-state index contributed by atoms with van der Waals surface area (Å²) >= 11 is 0. The summed E-state index contributed by atoms with van der Waals surface area (Å²) < 4.78 is 15.2. The second-order valence-corrected chi connectivity index (χ2v) is 4.31. The van der Waals surface area contributed by atoms with E-state index in [9.17, 15) is 4.79 Å². The lowest BCUT2D eigenvalue weighted by molar-refractivity contribution is 0.248. The molecule has 0 saturated heterocycles. The molecule has 0 radical (unpaired) electrons. The molecule has 1 aromatic heterocycles. The molecule has 0 aliphatic rings. The highest BCUT2D eigenvalue weighted by atomic mass is 16.5. The third kappa shape index (κ3) is 3.65. The van der Waals surface area contributed by atoms with Crippen LogP contribution >= 0.6 is 0 Å². The Morgan fingerprint density at radius 3 is 2.62 bits per heavy atom. The number of nitrogens with zero attached hydrogens (tertiary/aromatic N) is 1. The smallest absolute Gasteiger partial charge is 0.322 e. The number of aromatic nitrogens is 1. The van der Waals surface area contributed by atoms with Crippen molar-refractivity contribution in [1.82, 2.24) is 10.5 Å². The van der Waals surface area contributed by atoms with Crippen LogP contribution in [-0.2, 0) is 0 Å². The van der Waals surface area contributed by atoms with Crippen molar-refractivity contribution in [2.24, 2.45) is 0 Å². The second-order valence-electron chi connectivity index (χ2n) is 4.31. The van der Waals surface area contributed by atoms with Crippen molar-refractivity contribution in [1.29, 1.82) is 0 Å². The van der Waals surface area contributed by atoms with Gasteiger partial charge in [-0.05, 0) is 24.6 Å². The lowest BCUT2D eigenvalue weighted by Crippen LogP contribution is -2.31. The minimum atomic E-state index is -0.381. The van der Waals surface area contributed by atoms with Crippen molar-refractivity contribution in [3.8, 4) is 11.5 Å². The molecule has 1 atom stereocenters. The van der Waals surface area contributed by atoms with E-state index in [-0.39, 0.29) is 18.0 Å². The predicted molar refractivity (Wildman–Crippen MR) is 76.6 cm³/mol. The first kappa shape index (κ1) is 14.7. The molecule has 21 heavy (non-hydrogen) atoms. The van der Waals surface area contributed by atoms with Gasteiger partial charge >= 0.3 is 6.03 Å². The standard InChI is InChI=1S/C14H17N3O4/c1-9(16-14(18)17-13-6-7-15-21-13)10-4-5-11(19-2)12(8-10)20-3/h4-9H,1-3H3,(H2,16,17,18). The first-order valence-electron chi connectivity index (χ1n) is 6.34. The number of hydrogen-bond acceptors (Lipinski definition) is 5. The molecule has 0 fully saturated rings. The maximum atomic E-state index is 11.8. The minimum absolute atomic E-state index is 0.215. The third-order valence-electron chi connectivity index (χ3n) is 2.93. The SMILES string of the molecule is COc1ccc(C(C)NC(=O)Nc2ccno2)cc1OC. The van der Waals surface area contributed by atoms with Crippen LogP contribution in [-0.4, -0.2) is 25.4 Å².